The van der Waals surface area contributed by atoms with E-state index in [1.807, 2.05) is 24.3 Å². The van der Waals surface area contributed by atoms with Gasteiger partial charge in [0.15, 0.2) is 0 Å². The molecule has 0 saturated carbocycles. The lowest BCUT2D eigenvalue weighted by atomic mass is 10.2. The van der Waals surface area contributed by atoms with Crippen molar-refractivity contribution in [3.63, 3.8) is 0 Å². The first-order chi connectivity index (χ1) is 10.3. The van der Waals surface area contributed by atoms with Crippen molar-refractivity contribution in [2.24, 2.45) is 0 Å². The third kappa shape index (κ3) is 4.20. The van der Waals surface area contributed by atoms with E-state index in [0.717, 1.165) is 31.9 Å². The van der Waals surface area contributed by atoms with Gasteiger partial charge >= 0.3 is 0 Å². The Balaban J connectivity index is 0.00000132. The van der Waals surface area contributed by atoms with E-state index in [1.165, 1.54) is 11.4 Å². The molecule has 0 radical (unpaired) electrons. The molecule has 0 bridgehead atoms. The van der Waals surface area contributed by atoms with Gasteiger partial charge in [0, 0.05) is 49.7 Å². The Hall–Kier alpha value is -2.59. The van der Waals surface area contributed by atoms with E-state index in [1.54, 1.807) is 0 Å². The van der Waals surface area contributed by atoms with Gasteiger partial charge in [-0.15, -0.1) is 0 Å². The van der Waals surface area contributed by atoms with Crippen LogP contribution < -0.4 is 15.5 Å². The van der Waals surface area contributed by atoms with Crippen LogP contribution in [0.2, 0.25) is 0 Å². The van der Waals surface area contributed by atoms with Crippen molar-refractivity contribution < 1.29 is 16.7 Å². The number of hydrogen-bond acceptors (Lipinski definition) is 4. The molecule has 0 amide bonds. The van der Waals surface area contributed by atoms with E-state index >= 15 is 0 Å². The molecule has 6 heteroatoms. The van der Waals surface area contributed by atoms with Crippen LogP contribution in [-0.4, -0.2) is 37.1 Å². The molecule has 6 nitrogen and oxygen atoms in total. The maximum absolute atomic E-state index is 8.84. The molecule has 23 heavy (non-hydrogen) atoms. The summed E-state index contributed by atoms with van der Waals surface area (Å²) < 4.78 is 0. The normalized spacial score (nSPS) is 13.6. The minimum atomic E-state index is 0. The molecule has 122 valence electrons. The number of nitrogens with zero attached hydrogens (tertiary/aromatic N) is 3. The summed E-state index contributed by atoms with van der Waals surface area (Å²) in [7, 11) is 0. The fourth-order valence-electron chi connectivity index (χ4n) is 2.68. The highest BCUT2D eigenvalue weighted by Crippen LogP contribution is 2.21. The van der Waals surface area contributed by atoms with Crippen LogP contribution in [0.25, 0.3) is 0 Å². The minimum absolute atomic E-state index is 0. The molecule has 1 aliphatic rings. The van der Waals surface area contributed by atoms with Crippen LogP contribution in [0.1, 0.15) is 5.56 Å². The molecule has 6 N–H and O–H groups in total. The van der Waals surface area contributed by atoms with Gasteiger partial charge in [-0.1, -0.05) is 0 Å². The minimum Gasteiger partial charge on any atom is -0.870 e. The summed E-state index contributed by atoms with van der Waals surface area (Å²) >= 11 is 0. The Kier molecular flexibility index (Phi) is 6.54. The van der Waals surface area contributed by atoms with Crippen LogP contribution in [0.5, 0.6) is 0 Å². The Morgan fingerprint density at radius 3 is 1.57 bits per heavy atom. The molecule has 1 saturated heterocycles. The monoisotopic (exact) mass is 314 g/mol. The molecule has 1 heterocycles. The third-order valence-electron chi connectivity index (χ3n) is 3.94. The van der Waals surface area contributed by atoms with Gasteiger partial charge in [-0.3, -0.25) is 0 Å². The van der Waals surface area contributed by atoms with Gasteiger partial charge in [0.05, 0.1) is 11.6 Å². The molecule has 2 aromatic carbocycles. The average molecular weight is 314 g/mol. The lowest BCUT2D eigenvalue weighted by molar-refractivity contribution is -0.254. The first-order valence-electron chi connectivity index (χ1n) is 7.18. The van der Waals surface area contributed by atoms with Gasteiger partial charge in [-0.05, 0) is 36.4 Å². The van der Waals surface area contributed by atoms with Crippen molar-refractivity contribution in [2.45, 2.75) is 0 Å². The van der Waals surface area contributed by atoms with Gasteiger partial charge in [0.2, 0.25) is 0 Å². The van der Waals surface area contributed by atoms with E-state index in [-0.39, 0.29) is 11.0 Å². The topological polar surface area (TPSA) is 119 Å². The summed E-state index contributed by atoms with van der Waals surface area (Å²) in [5.41, 5.74) is 8.15. The van der Waals surface area contributed by atoms with Crippen molar-refractivity contribution in [3.8, 4) is 6.07 Å². The molecular formula is C17H22N4O2. The predicted molar refractivity (Wildman–Crippen MR) is 90.1 cm³/mol. The van der Waals surface area contributed by atoms with E-state index in [9.17, 15) is 0 Å². The van der Waals surface area contributed by atoms with Crippen LogP contribution in [0.4, 0.5) is 17.1 Å². The largest absolute Gasteiger partial charge is 0.870 e. The molecule has 0 spiro atoms. The molecule has 3 rings (SSSR count). The first-order valence-corrected chi connectivity index (χ1v) is 7.18. The second-order valence-electron chi connectivity index (χ2n) is 5.30. The van der Waals surface area contributed by atoms with Crippen LogP contribution in [0.15, 0.2) is 48.5 Å². The number of nitriles is 1. The van der Waals surface area contributed by atoms with E-state index in [0.29, 0.717) is 5.56 Å². The number of benzene rings is 2. The second kappa shape index (κ2) is 8.15. The molecule has 0 aromatic heterocycles. The highest BCUT2D eigenvalue weighted by Gasteiger charge is 2.17. The summed E-state index contributed by atoms with van der Waals surface area (Å²) in [6.07, 6.45) is 0. The van der Waals surface area contributed by atoms with Gasteiger partial charge in [-0.25, -0.2) is 0 Å². The van der Waals surface area contributed by atoms with Gasteiger partial charge in [0.1, 0.15) is 5.69 Å². The van der Waals surface area contributed by atoms with Crippen molar-refractivity contribution >= 4 is 17.1 Å². The van der Waals surface area contributed by atoms with Gasteiger partial charge < -0.3 is 26.5 Å². The molecule has 0 aliphatic carbocycles. The molecule has 1 fully saturated rings. The zero-order valence-corrected chi connectivity index (χ0v) is 12.9. The summed E-state index contributed by atoms with van der Waals surface area (Å²) in [6, 6.07) is 18.4. The van der Waals surface area contributed by atoms with Crippen LogP contribution in [-0.2, 0) is 0 Å². The van der Waals surface area contributed by atoms with Crippen LogP contribution in [0.3, 0.4) is 0 Å². The molecule has 2 aromatic rings. The quantitative estimate of drug-likeness (QED) is 0.879. The zero-order valence-electron chi connectivity index (χ0n) is 12.9. The number of quaternary nitrogens is 1. The molecule has 0 unspecified atom stereocenters. The summed E-state index contributed by atoms with van der Waals surface area (Å²) in [5, 5.41) is 8.84. The molecular weight excluding hydrogens is 292 g/mol. The Bertz CT molecular complexity index is 642. The Labute approximate surface area is 136 Å². The number of anilines is 2. The van der Waals surface area contributed by atoms with Crippen molar-refractivity contribution in [1.29, 1.82) is 5.26 Å². The van der Waals surface area contributed by atoms with Crippen molar-refractivity contribution in [2.75, 3.05) is 36.0 Å². The lowest BCUT2D eigenvalue weighted by Crippen LogP contribution is -2.46. The van der Waals surface area contributed by atoms with Crippen LogP contribution in [0, 0.1) is 11.3 Å². The number of piperazine rings is 1. The average Bonchev–Trinajstić information content (AvgIpc) is 2.56. The predicted octanol–water partition coefficient (Wildman–Crippen LogP) is 0.757. The van der Waals surface area contributed by atoms with Crippen molar-refractivity contribution in [1.82, 2.24) is 0 Å². The van der Waals surface area contributed by atoms with E-state index < -0.39 is 0 Å². The maximum Gasteiger partial charge on any atom is 0.128 e. The lowest BCUT2D eigenvalue weighted by Gasteiger charge is -2.37. The smallest absolute Gasteiger partial charge is 0.128 e. The fraction of sp³-hybridized carbons (Fsp3) is 0.235. The Morgan fingerprint density at radius 1 is 0.783 bits per heavy atom. The maximum atomic E-state index is 8.84. The highest BCUT2D eigenvalue weighted by atomic mass is 16.0. The standard InChI is InChI=1S/C17H18N4.2H2O/c18-13-14-1-5-16(6-2-14)20-9-11-21(12-10-20)17-7-3-15(19)4-8-17;;/h1-8H,9-12,19H2;2*1H2. The highest BCUT2D eigenvalue weighted by molar-refractivity contribution is 5.54. The SMILES string of the molecule is N#Cc1ccc(N2CCN(c3ccc([NH3+])cc3)CC2)cc1.O.[OH-]. The van der Waals surface area contributed by atoms with E-state index in [4.69, 9.17) is 5.26 Å². The summed E-state index contributed by atoms with van der Waals surface area (Å²) in [5.74, 6) is 0. The summed E-state index contributed by atoms with van der Waals surface area (Å²) in [4.78, 5) is 4.77. The first kappa shape index (κ1) is 18.5. The Morgan fingerprint density at radius 2 is 1.17 bits per heavy atom. The van der Waals surface area contributed by atoms with Gasteiger partial charge in [0.25, 0.3) is 0 Å². The van der Waals surface area contributed by atoms with E-state index in [2.05, 4.69) is 45.9 Å². The fourth-order valence-corrected chi connectivity index (χ4v) is 2.68. The zero-order chi connectivity index (χ0) is 14.7. The number of rotatable bonds is 2. The van der Waals surface area contributed by atoms with Gasteiger partial charge in [-0.2, -0.15) is 5.26 Å². The van der Waals surface area contributed by atoms with Crippen LogP contribution >= 0.6 is 0 Å². The van der Waals surface area contributed by atoms with Crippen molar-refractivity contribution in [3.05, 3.63) is 54.1 Å². The molecule has 0 atom stereocenters. The number of hydrogen-bond donors (Lipinski definition) is 1. The third-order valence-corrected chi connectivity index (χ3v) is 3.94. The molecule has 1 aliphatic heterocycles. The summed E-state index contributed by atoms with van der Waals surface area (Å²) in [6.45, 7) is 4.02. The second-order valence-corrected chi connectivity index (χ2v) is 5.30.